The van der Waals surface area contributed by atoms with E-state index in [-0.39, 0.29) is 11.8 Å². The lowest BCUT2D eigenvalue weighted by atomic mass is 10.2. The van der Waals surface area contributed by atoms with Crippen molar-refractivity contribution in [3.05, 3.63) is 30.5 Å². The number of halogens is 1. The van der Waals surface area contributed by atoms with Crippen LogP contribution in [0.25, 0.3) is 10.9 Å². The number of carbonyl (C=O) groups is 1. The van der Waals surface area contributed by atoms with Gasteiger partial charge in [0.25, 0.3) is 0 Å². The van der Waals surface area contributed by atoms with Crippen molar-refractivity contribution < 1.29 is 4.79 Å². The molecule has 78 valence electrons. The maximum atomic E-state index is 11.2. The highest BCUT2D eigenvalue weighted by molar-refractivity contribution is 6.29. The second kappa shape index (κ2) is 3.95. The molecule has 1 heterocycles. The second-order valence-electron chi connectivity index (χ2n) is 3.35. The molecule has 0 atom stereocenters. The first-order valence-electron chi connectivity index (χ1n) is 4.62. The number of aryl methyl sites for hydroxylation is 1. The first-order chi connectivity index (χ1) is 7.22. The number of hydrogen-bond acceptors (Lipinski definition) is 1. The van der Waals surface area contributed by atoms with Crippen LogP contribution in [-0.4, -0.2) is 16.4 Å². The van der Waals surface area contributed by atoms with Gasteiger partial charge in [0.15, 0.2) is 0 Å². The third-order valence-electron chi connectivity index (χ3n) is 2.29. The molecule has 0 spiro atoms. The van der Waals surface area contributed by atoms with Gasteiger partial charge in [0.05, 0.1) is 5.69 Å². The normalized spacial score (nSPS) is 10.5. The van der Waals surface area contributed by atoms with Crippen molar-refractivity contribution >= 4 is 34.1 Å². The van der Waals surface area contributed by atoms with Gasteiger partial charge < -0.3 is 9.88 Å². The molecule has 0 bridgehead atoms. The van der Waals surface area contributed by atoms with Crippen LogP contribution in [0, 0.1) is 0 Å². The molecule has 0 aliphatic carbocycles. The lowest BCUT2D eigenvalue weighted by molar-refractivity contribution is -0.113. The summed E-state index contributed by atoms with van der Waals surface area (Å²) < 4.78 is 1.97. The summed E-state index contributed by atoms with van der Waals surface area (Å²) >= 11 is 5.44. The Labute approximate surface area is 92.6 Å². The molecule has 0 fully saturated rings. The number of carbonyl (C=O) groups excluding carboxylic acids is 1. The molecular weight excluding hydrogens is 212 g/mol. The van der Waals surface area contributed by atoms with Crippen molar-refractivity contribution in [1.29, 1.82) is 0 Å². The van der Waals surface area contributed by atoms with E-state index in [0.717, 1.165) is 16.6 Å². The Balaban J connectivity index is 2.48. The average molecular weight is 223 g/mol. The maximum Gasteiger partial charge on any atom is 0.239 e. The van der Waals surface area contributed by atoms with Crippen molar-refractivity contribution in [1.82, 2.24) is 4.57 Å². The topological polar surface area (TPSA) is 34.0 Å². The van der Waals surface area contributed by atoms with Crippen molar-refractivity contribution in [2.45, 2.75) is 0 Å². The third kappa shape index (κ3) is 1.83. The van der Waals surface area contributed by atoms with Crippen LogP contribution < -0.4 is 5.32 Å². The Morgan fingerprint density at radius 1 is 1.47 bits per heavy atom. The molecule has 3 nitrogen and oxygen atoms in total. The van der Waals surface area contributed by atoms with Gasteiger partial charge in [0.2, 0.25) is 5.91 Å². The van der Waals surface area contributed by atoms with E-state index in [1.807, 2.05) is 42.1 Å². The van der Waals surface area contributed by atoms with Gasteiger partial charge in [0.1, 0.15) is 5.88 Å². The molecule has 1 aromatic heterocycles. The van der Waals surface area contributed by atoms with Gasteiger partial charge in [-0.25, -0.2) is 0 Å². The van der Waals surface area contributed by atoms with Crippen LogP contribution in [0.15, 0.2) is 30.5 Å². The maximum absolute atomic E-state index is 11.2. The van der Waals surface area contributed by atoms with Gasteiger partial charge in [-0.05, 0) is 6.07 Å². The smallest absolute Gasteiger partial charge is 0.239 e. The highest BCUT2D eigenvalue weighted by Crippen LogP contribution is 2.24. The molecule has 0 saturated carbocycles. The summed E-state index contributed by atoms with van der Waals surface area (Å²) in [6.45, 7) is 0. The van der Waals surface area contributed by atoms with E-state index in [9.17, 15) is 4.79 Å². The Bertz CT molecular complexity index is 504. The van der Waals surface area contributed by atoms with Crippen molar-refractivity contribution in [3.8, 4) is 0 Å². The van der Waals surface area contributed by atoms with E-state index in [4.69, 9.17) is 11.6 Å². The first kappa shape index (κ1) is 10.1. The van der Waals surface area contributed by atoms with E-state index in [0.29, 0.717) is 0 Å². The first-order valence-corrected chi connectivity index (χ1v) is 5.15. The fraction of sp³-hybridized carbons (Fsp3) is 0.182. The van der Waals surface area contributed by atoms with E-state index in [1.54, 1.807) is 0 Å². The third-order valence-corrected chi connectivity index (χ3v) is 2.54. The van der Waals surface area contributed by atoms with Crippen molar-refractivity contribution in [3.63, 3.8) is 0 Å². The van der Waals surface area contributed by atoms with Crippen LogP contribution in [0.2, 0.25) is 0 Å². The lowest BCUT2D eigenvalue weighted by Gasteiger charge is -1.99. The lowest BCUT2D eigenvalue weighted by Crippen LogP contribution is -2.12. The number of aromatic nitrogens is 1. The molecule has 15 heavy (non-hydrogen) atoms. The molecule has 0 unspecified atom stereocenters. The number of nitrogens with one attached hydrogen (secondary N) is 1. The van der Waals surface area contributed by atoms with Gasteiger partial charge in [-0.3, -0.25) is 4.79 Å². The average Bonchev–Trinajstić information content (AvgIpc) is 2.57. The number of nitrogens with zero attached hydrogens (tertiary/aromatic N) is 1. The monoisotopic (exact) mass is 222 g/mol. The fourth-order valence-electron chi connectivity index (χ4n) is 1.62. The summed E-state index contributed by atoms with van der Waals surface area (Å²) in [4.78, 5) is 11.2. The molecule has 0 radical (unpaired) electrons. The number of benzene rings is 1. The van der Waals surface area contributed by atoms with Gasteiger partial charge >= 0.3 is 0 Å². The van der Waals surface area contributed by atoms with E-state index < -0.39 is 0 Å². The van der Waals surface area contributed by atoms with E-state index >= 15 is 0 Å². The van der Waals surface area contributed by atoms with Crippen LogP contribution >= 0.6 is 11.6 Å². The molecular formula is C11H11ClN2O. The molecule has 1 aromatic carbocycles. The van der Waals surface area contributed by atoms with Crippen LogP contribution in [0.3, 0.4) is 0 Å². The van der Waals surface area contributed by atoms with Gasteiger partial charge in [-0.15, -0.1) is 11.6 Å². The standard InChI is InChI=1S/C11H11ClN2O/c1-14-7-9(13-11(15)6-12)8-4-2-3-5-10(8)14/h2-5,7H,6H2,1H3,(H,13,15). The predicted octanol–water partition coefficient (Wildman–Crippen LogP) is 2.36. The van der Waals surface area contributed by atoms with Gasteiger partial charge in [-0.1, -0.05) is 18.2 Å². The number of alkyl halides is 1. The van der Waals surface area contributed by atoms with Crippen molar-refractivity contribution in [2.75, 3.05) is 11.2 Å². The highest BCUT2D eigenvalue weighted by atomic mass is 35.5. The zero-order chi connectivity index (χ0) is 10.8. The highest BCUT2D eigenvalue weighted by Gasteiger charge is 2.07. The number of para-hydroxylation sites is 1. The zero-order valence-electron chi connectivity index (χ0n) is 8.33. The molecule has 0 saturated heterocycles. The zero-order valence-corrected chi connectivity index (χ0v) is 9.08. The number of hydrogen-bond donors (Lipinski definition) is 1. The van der Waals surface area contributed by atoms with Crippen LogP contribution in [0.1, 0.15) is 0 Å². The SMILES string of the molecule is Cn1cc(NC(=O)CCl)c2ccccc21. The number of amides is 1. The number of fused-ring (bicyclic) bond motifs is 1. The summed E-state index contributed by atoms with van der Waals surface area (Å²) in [5.41, 5.74) is 1.89. The Kier molecular flexibility index (Phi) is 2.64. The summed E-state index contributed by atoms with van der Waals surface area (Å²) in [6.07, 6.45) is 1.88. The Morgan fingerprint density at radius 3 is 2.93 bits per heavy atom. The van der Waals surface area contributed by atoms with E-state index in [1.165, 1.54) is 0 Å². The van der Waals surface area contributed by atoms with Gasteiger partial charge in [-0.2, -0.15) is 0 Å². The molecule has 2 aromatic rings. The van der Waals surface area contributed by atoms with Crippen molar-refractivity contribution in [2.24, 2.45) is 7.05 Å². The summed E-state index contributed by atoms with van der Waals surface area (Å²) in [7, 11) is 1.94. The van der Waals surface area contributed by atoms with Crippen LogP contribution in [0.4, 0.5) is 5.69 Å². The Morgan fingerprint density at radius 2 is 2.20 bits per heavy atom. The number of anilines is 1. The Hall–Kier alpha value is -1.48. The summed E-state index contributed by atoms with van der Waals surface area (Å²) in [5.74, 6) is -0.212. The minimum atomic E-state index is -0.187. The summed E-state index contributed by atoms with van der Waals surface area (Å²) in [6, 6.07) is 7.89. The molecule has 4 heteroatoms. The number of rotatable bonds is 2. The second-order valence-corrected chi connectivity index (χ2v) is 3.62. The molecule has 0 aliphatic rings. The molecule has 2 rings (SSSR count). The van der Waals surface area contributed by atoms with Crippen LogP contribution in [0.5, 0.6) is 0 Å². The van der Waals surface area contributed by atoms with Gasteiger partial charge in [0, 0.05) is 24.1 Å². The molecule has 0 aliphatic heterocycles. The molecule has 1 amide bonds. The fourth-order valence-corrected chi connectivity index (χ4v) is 1.69. The minimum absolute atomic E-state index is 0.0246. The predicted molar refractivity (Wildman–Crippen MR) is 62.3 cm³/mol. The summed E-state index contributed by atoms with van der Waals surface area (Å²) in [5, 5.41) is 3.79. The van der Waals surface area contributed by atoms with E-state index in [2.05, 4.69) is 5.32 Å². The quantitative estimate of drug-likeness (QED) is 0.778. The minimum Gasteiger partial charge on any atom is -0.348 e. The largest absolute Gasteiger partial charge is 0.348 e. The molecule has 1 N–H and O–H groups in total. The van der Waals surface area contributed by atoms with Crippen LogP contribution in [-0.2, 0) is 11.8 Å².